The van der Waals surface area contributed by atoms with Gasteiger partial charge in [0.15, 0.2) is 0 Å². The highest BCUT2D eigenvalue weighted by Gasteiger charge is 2.30. The van der Waals surface area contributed by atoms with Crippen molar-refractivity contribution in [3.8, 4) is 0 Å². The molecule has 0 aromatic heterocycles. The third-order valence-electron chi connectivity index (χ3n) is 4.31. The van der Waals surface area contributed by atoms with Crippen LogP contribution in [0.2, 0.25) is 0 Å². The molecule has 0 spiro atoms. The largest absolute Gasteiger partial charge is 0.380 e. The minimum Gasteiger partial charge on any atom is -0.380 e. The van der Waals surface area contributed by atoms with Crippen molar-refractivity contribution in [3.63, 3.8) is 0 Å². The normalized spacial score (nSPS) is 21.5. The van der Waals surface area contributed by atoms with Gasteiger partial charge in [0.2, 0.25) is 5.91 Å². The van der Waals surface area contributed by atoms with Gasteiger partial charge in [-0.05, 0) is 18.9 Å². The third kappa shape index (κ3) is 6.95. The number of ether oxygens (including phenoxy) is 1. The number of benzene rings is 1. The van der Waals surface area contributed by atoms with Gasteiger partial charge in [0, 0.05) is 38.8 Å². The lowest BCUT2D eigenvalue weighted by Crippen LogP contribution is -2.39. The van der Waals surface area contributed by atoms with Crippen LogP contribution in [-0.4, -0.2) is 49.2 Å². The number of hydrogen-bond acceptors (Lipinski definition) is 4. The lowest BCUT2D eigenvalue weighted by Gasteiger charge is -2.21. The summed E-state index contributed by atoms with van der Waals surface area (Å²) in [5.74, 6) is 0.0241. The molecule has 2 rings (SSSR count). The Morgan fingerprint density at radius 2 is 2.04 bits per heavy atom. The first kappa shape index (κ1) is 23.1. The van der Waals surface area contributed by atoms with Crippen molar-refractivity contribution in [1.29, 1.82) is 0 Å². The number of hydrogen-bond donors (Lipinski definition) is 2. The van der Waals surface area contributed by atoms with Gasteiger partial charge in [0.1, 0.15) is 0 Å². The molecule has 0 saturated carbocycles. The van der Waals surface area contributed by atoms with E-state index in [4.69, 9.17) is 10.5 Å². The van der Waals surface area contributed by atoms with Crippen LogP contribution in [0.25, 0.3) is 0 Å². The first-order valence-electron chi connectivity index (χ1n) is 7.92. The second kappa shape index (κ2) is 11.7. The Balaban J connectivity index is 0.00000264. The highest BCUT2D eigenvalue weighted by molar-refractivity contribution is 5.85. The molecule has 1 saturated heterocycles. The zero-order valence-corrected chi connectivity index (χ0v) is 15.9. The van der Waals surface area contributed by atoms with Gasteiger partial charge in [-0.15, -0.1) is 24.8 Å². The fraction of sp³-hybridized carbons (Fsp3) is 0.588. The van der Waals surface area contributed by atoms with Crippen molar-refractivity contribution in [2.24, 2.45) is 5.73 Å². The summed E-state index contributed by atoms with van der Waals surface area (Å²) in [5.41, 5.74) is 6.87. The molecule has 3 unspecified atom stereocenters. The van der Waals surface area contributed by atoms with Crippen LogP contribution >= 0.6 is 24.8 Å². The van der Waals surface area contributed by atoms with Crippen LogP contribution in [0.3, 0.4) is 0 Å². The van der Waals surface area contributed by atoms with Crippen LogP contribution in [0.15, 0.2) is 30.3 Å². The first-order valence-corrected chi connectivity index (χ1v) is 7.92. The smallest absolute Gasteiger partial charge is 0.222 e. The van der Waals surface area contributed by atoms with E-state index >= 15 is 0 Å². The molecule has 5 nitrogen and oxygen atoms in total. The summed E-state index contributed by atoms with van der Waals surface area (Å²) < 4.78 is 5.16. The minimum absolute atomic E-state index is 0. The van der Waals surface area contributed by atoms with Gasteiger partial charge < -0.3 is 15.8 Å². The van der Waals surface area contributed by atoms with E-state index in [-0.39, 0.29) is 42.9 Å². The minimum atomic E-state index is -0.195. The average Bonchev–Trinajstić information content (AvgIpc) is 2.85. The summed E-state index contributed by atoms with van der Waals surface area (Å²) in [7, 11) is 1.59. The zero-order chi connectivity index (χ0) is 15.9. The van der Waals surface area contributed by atoms with Crippen LogP contribution in [0.4, 0.5) is 0 Å². The molecule has 1 heterocycles. The maximum absolute atomic E-state index is 12.0. The van der Waals surface area contributed by atoms with Crippen molar-refractivity contribution in [1.82, 2.24) is 10.2 Å². The quantitative estimate of drug-likeness (QED) is 0.761. The number of nitrogens with zero attached hydrogens (tertiary/aromatic N) is 1. The zero-order valence-electron chi connectivity index (χ0n) is 14.3. The second-order valence-electron chi connectivity index (χ2n) is 6.06. The molecule has 3 N–H and O–H groups in total. The second-order valence-corrected chi connectivity index (χ2v) is 6.06. The highest BCUT2D eigenvalue weighted by Crippen LogP contribution is 2.20. The van der Waals surface area contributed by atoms with Gasteiger partial charge in [0.25, 0.3) is 0 Å². The van der Waals surface area contributed by atoms with E-state index in [0.29, 0.717) is 19.0 Å². The summed E-state index contributed by atoms with van der Waals surface area (Å²) >= 11 is 0. The summed E-state index contributed by atoms with van der Waals surface area (Å²) in [6.45, 7) is 4.40. The van der Waals surface area contributed by atoms with Gasteiger partial charge in [-0.3, -0.25) is 9.69 Å². The number of methoxy groups -OCH3 is 1. The number of nitrogens with two attached hydrogens (primary N) is 1. The fourth-order valence-corrected chi connectivity index (χ4v) is 3.00. The molecule has 1 aromatic carbocycles. The molecular weight excluding hydrogens is 349 g/mol. The van der Waals surface area contributed by atoms with Gasteiger partial charge in [-0.25, -0.2) is 0 Å². The molecular formula is C17H29Cl2N3O2. The van der Waals surface area contributed by atoms with Crippen molar-refractivity contribution < 1.29 is 9.53 Å². The van der Waals surface area contributed by atoms with E-state index in [1.165, 1.54) is 5.56 Å². The summed E-state index contributed by atoms with van der Waals surface area (Å²) in [4.78, 5) is 14.4. The molecule has 138 valence electrons. The summed E-state index contributed by atoms with van der Waals surface area (Å²) in [6.07, 6.45) is 1.12. The van der Waals surface area contributed by atoms with Gasteiger partial charge >= 0.3 is 0 Å². The molecule has 0 radical (unpaired) electrons. The lowest BCUT2D eigenvalue weighted by molar-refractivity contribution is -0.124. The molecule has 1 amide bonds. The number of halogens is 2. The van der Waals surface area contributed by atoms with Crippen LogP contribution in [0, 0.1) is 0 Å². The van der Waals surface area contributed by atoms with Crippen molar-refractivity contribution in [2.45, 2.75) is 44.5 Å². The molecule has 1 aliphatic heterocycles. The van der Waals surface area contributed by atoms with E-state index in [1.54, 1.807) is 7.11 Å². The first-order chi connectivity index (χ1) is 10.6. The Hall–Kier alpha value is -0.850. The van der Waals surface area contributed by atoms with Crippen LogP contribution in [-0.2, 0) is 16.1 Å². The Kier molecular flexibility index (Phi) is 11.2. The number of carbonyl (C=O) groups is 1. The monoisotopic (exact) mass is 377 g/mol. The SMILES string of the molecule is COC(CN)CC(=O)NC1CC(C)N(Cc2ccccc2)C1.Cl.Cl. The topological polar surface area (TPSA) is 67.6 Å². The molecule has 0 bridgehead atoms. The fourth-order valence-electron chi connectivity index (χ4n) is 3.00. The Labute approximate surface area is 157 Å². The van der Waals surface area contributed by atoms with Gasteiger partial charge in [-0.2, -0.15) is 0 Å². The predicted molar refractivity (Wildman–Crippen MR) is 102 cm³/mol. The molecule has 24 heavy (non-hydrogen) atoms. The van der Waals surface area contributed by atoms with Crippen molar-refractivity contribution >= 4 is 30.7 Å². The van der Waals surface area contributed by atoms with E-state index < -0.39 is 0 Å². The van der Waals surface area contributed by atoms with Crippen molar-refractivity contribution in [2.75, 3.05) is 20.2 Å². The van der Waals surface area contributed by atoms with E-state index in [2.05, 4.69) is 41.4 Å². The molecule has 7 heteroatoms. The molecule has 1 fully saturated rings. The number of amides is 1. The van der Waals surface area contributed by atoms with Gasteiger partial charge in [-0.1, -0.05) is 30.3 Å². The van der Waals surface area contributed by atoms with E-state index in [9.17, 15) is 4.79 Å². The maximum Gasteiger partial charge on any atom is 0.222 e. The van der Waals surface area contributed by atoms with E-state index in [1.807, 2.05) is 6.07 Å². The number of carbonyl (C=O) groups excluding carboxylic acids is 1. The number of rotatable bonds is 7. The standard InChI is InChI=1S/C17H27N3O2.2ClH/c1-13-8-15(19-17(21)9-16(10-18)22-2)12-20(13)11-14-6-4-3-5-7-14;;/h3-7,13,15-16H,8-12,18H2,1-2H3,(H,19,21);2*1H. The number of nitrogens with one attached hydrogen (secondary N) is 1. The molecule has 0 aliphatic carbocycles. The predicted octanol–water partition coefficient (Wildman–Crippen LogP) is 1.97. The highest BCUT2D eigenvalue weighted by atomic mass is 35.5. The average molecular weight is 378 g/mol. The molecule has 1 aliphatic rings. The molecule has 1 aromatic rings. The summed E-state index contributed by atoms with van der Waals surface area (Å²) in [5, 5.41) is 3.11. The van der Waals surface area contributed by atoms with Crippen molar-refractivity contribution in [3.05, 3.63) is 35.9 Å². The van der Waals surface area contributed by atoms with Crippen LogP contribution < -0.4 is 11.1 Å². The Morgan fingerprint density at radius 3 is 2.62 bits per heavy atom. The Bertz CT molecular complexity index is 472. The van der Waals surface area contributed by atoms with Crippen LogP contribution in [0.5, 0.6) is 0 Å². The maximum atomic E-state index is 12.0. The lowest BCUT2D eigenvalue weighted by atomic mass is 10.1. The van der Waals surface area contributed by atoms with E-state index in [0.717, 1.165) is 19.5 Å². The molecule has 3 atom stereocenters. The van der Waals surface area contributed by atoms with Gasteiger partial charge in [0.05, 0.1) is 12.5 Å². The third-order valence-corrected chi connectivity index (χ3v) is 4.31. The summed E-state index contributed by atoms with van der Waals surface area (Å²) in [6, 6.07) is 11.1. The number of likely N-dealkylation sites (tertiary alicyclic amines) is 1. The Morgan fingerprint density at radius 1 is 1.38 bits per heavy atom. The van der Waals surface area contributed by atoms with Crippen LogP contribution in [0.1, 0.15) is 25.3 Å².